The molecule has 0 aliphatic heterocycles. The molecule has 1 aromatic heterocycles. The van der Waals surface area contributed by atoms with Crippen LogP contribution in [0.25, 0.3) is 27.4 Å². The van der Waals surface area contributed by atoms with Crippen molar-refractivity contribution < 1.29 is 9.53 Å². The minimum atomic E-state index is -0.298. The number of ether oxygens (including phenoxy) is 1. The first-order valence-corrected chi connectivity index (χ1v) is 12.6. The highest BCUT2D eigenvalue weighted by Gasteiger charge is 2.15. The Hall–Kier alpha value is -4.43. The first kappa shape index (κ1) is 24.3. The van der Waals surface area contributed by atoms with E-state index in [0.29, 0.717) is 33.2 Å². The minimum absolute atomic E-state index is 0.0350. The number of benzene rings is 4. The van der Waals surface area contributed by atoms with Crippen molar-refractivity contribution in [3.63, 3.8) is 0 Å². The van der Waals surface area contributed by atoms with Crippen LogP contribution in [0.15, 0.2) is 106 Å². The molecule has 7 nitrogen and oxygen atoms in total. The summed E-state index contributed by atoms with van der Waals surface area (Å²) in [5, 5.41) is 7.42. The average molecular weight is 509 g/mol. The Labute approximate surface area is 217 Å². The van der Waals surface area contributed by atoms with E-state index < -0.39 is 0 Å². The molecule has 5 aromatic rings. The van der Waals surface area contributed by atoms with Crippen LogP contribution in [0.5, 0.6) is 5.75 Å². The molecule has 5 rings (SSSR count). The monoisotopic (exact) mass is 508 g/mol. The Morgan fingerprint density at radius 2 is 1.65 bits per heavy atom. The third-order valence-corrected chi connectivity index (χ3v) is 6.87. The fourth-order valence-corrected chi connectivity index (χ4v) is 4.88. The Kier molecular flexibility index (Phi) is 7.00. The zero-order chi connectivity index (χ0) is 25.8. The molecule has 1 N–H and O–H groups in total. The zero-order valence-corrected chi connectivity index (χ0v) is 21.2. The fourth-order valence-electron chi connectivity index (χ4n) is 4.08. The number of carbonyl (C=O) groups is 1. The molecule has 1 amide bonds. The molecule has 0 saturated carbocycles. The summed E-state index contributed by atoms with van der Waals surface area (Å²) in [5.74, 6) is 0.416. The maximum atomic E-state index is 13.4. The van der Waals surface area contributed by atoms with Gasteiger partial charge in [-0.3, -0.25) is 14.2 Å². The molecule has 0 aliphatic carbocycles. The number of para-hydroxylation sites is 1. The van der Waals surface area contributed by atoms with Crippen molar-refractivity contribution in [3.05, 3.63) is 107 Å². The molecule has 0 fully saturated rings. The Balaban J connectivity index is 1.39. The van der Waals surface area contributed by atoms with Crippen LogP contribution >= 0.6 is 11.8 Å². The molecule has 0 aliphatic rings. The standard InChI is InChI=1S/C29H24N4O3S/c1-19(23-12-7-9-20-8-3-4-10-24(20)23)31-32-27(34)18-37-29-30-26-13-6-5-11-25(26)28(35)33(29)21-14-16-22(36-2)17-15-21/h3-17H,18H2,1-2H3,(H,32,34). The smallest absolute Gasteiger partial charge is 0.266 e. The Morgan fingerprint density at radius 3 is 2.43 bits per heavy atom. The molecule has 37 heavy (non-hydrogen) atoms. The van der Waals surface area contributed by atoms with E-state index in [9.17, 15) is 9.59 Å². The number of methoxy groups -OCH3 is 1. The number of hydrogen-bond donors (Lipinski definition) is 1. The lowest BCUT2D eigenvalue weighted by molar-refractivity contribution is -0.118. The summed E-state index contributed by atoms with van der Waals surface area (Å²) in [4.78, 5) is 30.8. The number of nitrogens with one attached hydrogen (secondary N) is 1. The first-order chi connectivity index (χ1) is 18.0. The summed E-state index contributed by atoms with van der Waals surface area (Å²) in [6.07, 6.45) is 0. The van der Waals surface area contributed by atoms with Gasteiger partial charge in [0.15, 0.2) is 5.16 Å². The van der Waals surface area contributed by atoms with E-state index in [1.807, 2.05) is 55.5 Å². The van der Waals surface area contributed by atoms with Crippen molar-refractivity contribution in [2.24, 2.45) is 5.10 Å². The van der Waals surface area contributed by atoms with Crippen LogP contribution < -0.4 is 15.7 Å². The number of fused-ring (bicyclic) bond motifs is 2. The van der Waals surface area contributed by atoms with Gasteiger partial charge in [0.05, 0.1) is 35.2 Å². The SMILES string of the molecule is COc1ccc(-n2c(SCC(=O)NN=C(C)c3cccc4ccccc34)nc3ccccc3c2=O)cc1. The van der Waals surface area contributed by atoms with Gasteiger partial charge < -0.3 is 4.74 Å². The second kappa shape index (κ2) is 10.7. The Bertz CT molecular complexity index is 1690. The van der Waals surface area contributed by atoms with E-state index in [1.54, 1.807) is 49.6 Å². The number of rotatable bonds is 7. The van der Waals surface area contributed by atoms with E-state index >= 15 is 0 Å². The van der Waals surface area contributed by atoms with Crippen LogP contribution in [0.4, 0.5) is 0 Å². The van der Waals surface area contributed by atoms with Gasteiger partial charge in [-0.05, 0) is 54.1 Å². The van der Waals surface area contributed by atoms with Gasteiger partial charge in [-0.2, -0.15) is 5.10 Å². The maximum absolute atomic E-state index is 13.4. The molecule has 184 valence electrons. The van der Waals surface area contributed by atoms with E-state index in [4.69, 9.17) is 4.74 Å². The summed E-state index contributed by atoms with van der Waals surface area (Å²) in [7, 11) is 1.59. The van der Waals surface area contributed by atoms with Crippen molar-refractivity contribution in [1.29, 1.82) is 0 Å². The van der Waals surface area contributed by atoms with Crippen molar-refractivity contribution >= 4 is 45.1 Å². The molecule has 0 spiro atoms. The zero-order valence-electron chi connectivity index (χ0n) is 20.3. The largest absolute Gasteiger partial charge is 0.497 e. The molecule has 0 unspecified atom stereocenters. The van der Waals surface area contributed by atoms with E-state index in [1.165, 1.54) is 16.3 Å². The van der Waals surface area contributed by atoms with Gasteiger partial charge in [0, 0.05) is 5.56 Å². The molecule has 0 radical (unpaired) electrons. The van der Waals surface area contributed by atoms with Gasteiger partial charge in [0.2, 0.25) is 0 Å². The Morgan fingerprint density at radius 1 is 0.946 bits per heavy atom. The summed E-state index contributed by atoms with van der Waals surface area (Å²) < 4.78 is 6.76. The minimum Gasteiger partial charge on any atom is -0.497 e. The lowest BCUT2D eigenvalue weighted by Crippen LogP contribution is -2.24. The number of hydrogen-bond acceptors (Lipinski definition) is 6. The molecular formula is C29H24N4O3S. The number of nitrogens with zero attached hydrogens (tertiary/aromatic N) is 3. The number of carbonyl (C=O) groups excluding carboxylic acids is 1. The van der Waals surface area contributed by atoms with Crippen LogP contribution in [0.3, 0.4) is 0 Å². The van der Waals surface area contributed by atoms with Gasteiger partial charge >= 0.3 is 0 Å². The second-order valence-corrected chi connectivity index (χ2v) is 9.24. The summed E-state index contributed by atoms with van der Waals surface area (Å²) in [6.45, 7) is 1.86. The molecule has 4 aromatic carbocycles. The van der Waals surface area contributed by atoms with E-state index in [2.05, 4.69) is 15.5 Å². The van der Waals surface area contributed by atoms with Gasteiger partial charge in [0.25, 0.3) is 11.5 Å². The highest BCUT2D eigenvalue weighted by atomic mass is 32.2. The number of aromatic nitrogens is 2. The fraction of sp³-hybridized carbons (Fsp3) is 0.103. The molecule has 8 heteroatoms. The van der Waals surface area contributed by atoms with Crippen molar-refractivity contribution in [2.45, 2.75) is 12.1 Å². The van der Waals surface area contributed by atoms with Crippen molar-refractivity contribution in [3.8, 4) is 11.4 Å². The normalized spacial score (nSPS) is 11.6. The highest BCUT2D eigenvalue weighted by Crippen LogP contribution is 2.23. The molecule has 1 heterocycles. The average Bonchev–Trinajstić information content (AvgIpc) is 2.94. The van der Waals surface area contributed by atoms with Gasteiger partial charge in [0.1, 0.15) is 5.75 Å². The van der Waals surface area contributed by atoms with Crippen LogP contribution in [-0.2, 0) is 4.79 Å². The van der Waals surface area contributed by atoms with Gasteiger partial charge in [-0.25, -0.2) is 10.4 Å². The summed E-state index contributed by atoms with van der Waals surface area (Å²) in [6, 6.07) is 28.4. The van der Waals surface area contributed by atoms with Crippen LogP contribution in [0.1, 0.15) is 12.5 Å². The number of amides is 1. The van der Waals surface area contributed by atoms with Crippen LogP contribution in [0.2, 0.25) is 0 Å². The summed E-state index contributed by atoms with van der Waals surface area (Å²) >= 11 is 1.18. The van der Waals surface area contributed by atoms with Gasteiger partial charge in [-0.1, -0.05) is 66.4 Å². The second-order valence-electron chi connectivity index (χ2n) is 8.30. The third-order valence-electron chi connectivity index (χ3n) is 5.94. The number of hydrazone groups is 1. The lowest BCUT2D eigenvalue weighted by Gasteiger charge is -2.13. The van der Waals surface area contributed by atoms with E-state index in [0.717, 1.165) is 16.3 Å². The lowest BCUT2D eigenvalue weighted by atomic mass is 10.0. The topological polar surface area (TPSA) is 85.6 Å². The quantitative estimate of drug-likeness (QED) is 0.142. The third kappa shape index (κ3) is 5.10. The van der Waals surface area contributed by atoms with Crippen molar-refractivity contribution in [2.75, 3.05) is 12.9 Å². The van der Waals surface area contributed by atoms with E-state index in [-0.39, 0.29) is 17.2 Å². The predicted molar refractivity (Wildman–Crippen MR) is 149 cm³/mol. The summed E-state index contributed by atoms with van der Waals surface area (Å²) in [5.41, 5.74) is 5.30. The highest BCUT2D eigenvalue weighted by molar-refractivity contribution is 7.99. The predicted octanol–water partition coefficient (Wildman–Crippen LogP) is 5.18. The molecular weight excluding hydrogens is 484 g/mol. The molecule has 0 bridgehead atoms. The first-order valence-electron chi connectivity index (χ1n) is 11.7. The molecule has 0 saturated heterocycles. The van der Waals surface area contributed by atoms with Gasteiger partial charge in [-0.15, -0.1) is 0 Å². The molecule has 0 atom stereocenters. The maximum Gasteiger partial charge on any atom is 0.266 e. The number of thioether (sulfide) groups is 1. The van der Waals surface area contributed by atoms with Crippen LogP contribution in [-0.4, -0.2) is 34.0 Å². The van der Waals surface area contributed by atoms with Crippen molar-refractivity contribution in [1.82, 2.24) is 15.0 Å². The van der Waals surface area contributed by atoms with Crippen LogP contribution in [0, 0.1) is 0 Å².